The summed E-state index contributed by atoms with van der Waals surface area (Å²) in [6.45, 7) is 5.96. The average Bonchev–Trinajstić information content (AvgIpc) is 3.32. The zero-order chi connectivity index (χ0) is 24.9. The average molecular weight is 484 g/mol. The number of ether oxygens (including phenoxy) is 3. The molecule has 35 heavy (non-hydrogen) atoms. The number of carbonyl (C=O) groups is 2. The molecule has 0 saturated carbocycles. The maximum absolute atomic E-state index is 13.0. The van der Waals surface area contributed by atoms with Gasteiger partial charge in [-0.05, 0) is 26.0 Å². The first-order valence-electron chi connectivity index (χ1n) is 11.3. The molecule has 0 aliphatic carbocycles. The number of nitrogens with zero attached hydrogens (tertiary/aromatic N) is 6. The fraction of sp³-hybridized carbons (Fsp3) is 0.435. The van der Waals surface area contributed by atoms with Crippen LogP contribution in [-0.2, 0) is 16.0 Å². The molecule has 0 spiro atoms. The number of esters is 1. The number of methoxy groups -OCH3 is 2. The van der Waals surface area contributed by atoms with E-state index in [-0.39, 0.29) is 18.4 Å². The maximum Gasteiger partial charge on any atom is 0.322 e. The van der Waals surface area contributed by atoms with Crippen molar-refractivity contribution in [3.8, 4) is 11.5 Å². The van der Waals surface area contributed by atoms with Gasteiger partial charge in [-0.3, -0.25) is 4.79 Å². The number of hydrogen-bond acceptors (Lipinski definition) is 9. The summed E-state index contributed by atoms with van der Waals surface area (Å²) in [5.41, 5.74) is 1.99. The van der Waals surface area contributed by atoms with Crippen molar-refractivity contribution < 1.29 is 23.8 Å². The van der Waals surface area contributed by atoms with Crippen molar-refractivity contribution >= 4 is 29.3 Å². The molecule has 0 bridgehead atoms. The SMILES string of the molecule is CCOC(=O)Cc1c(C)nc2ncnn2c1N1CCN(C(=O)Nc2ccc(OC)cc2OC)CC1. The van der Waals surface area contributed by atoms with Crippen LogP contribution in [0.4, 0.5) is 16.3 Å². The van der Waals surface area contributed by atoms with E-state index in [1.54, 1.807) is 48.8 Å². The number of anilines is 2. The van der Waals surface area contributed by atoms with Gasteiger partial charge in [-0.1, -0.05) is 0 Å². The fourth-order valence-corrected chi connectivity index (χ4v) is 4.07. The summed E-state index contributed by atoms with van der Waals surface area (Å²) < 4.78 is 17.4. The van der Waals surface area contributed by atoms with E-state index in [0.29, 0.717) is 61.4 Å². The Morgan fingerprint density at radius 2 is 1.89 bits per heavy atom. The highest BCUT2D eigenvalue weighted by Crippen LogP contribution is 2.30. The van der Waals surface area contributed by atoms with E-state index in [1.165, 1.54) is 6.33 Å². The van der Waals surface area contributed by atoms with E-state index < -0.39 is 0 Å². The molecule has 1 aromatic carbocycles. The molecular formula is C23H29N7O5. The topological polar surface area (TPSA) is 123 Å². The summed E-state index contributed by atoms with van der Waals surface area (Å²) in [7, 11) is 3.11. The summed E-state index contributed by atoms with van der Waals surface area (Å²) in [6.07, 6.45) is 1.52. The number of urea groups is 1. The number of aromatic nitrogens is 4. The second-order valence-electron chi connectivity index (χ2n) is 7.92. The molecule has 4 rings (SSSR count). The predicted molar refractivity (Wildman–Crippen MR) is 128 cm³/mol. The molecule has 3 aromatic rings. The lowest BCUT2D eigenvalue weighted by atomic mass is 10.1. The molecule has 1 saturated heterocycles. The fourth-order valence-electron chi connectivity index (χ4n) is 4.07. The van der Waals surface area contributed by atoms with Gasteiger partial charge in [-0.2, -0.15) is 14.6 Å². The van der Waals surface area contributed by atoms with Crippen molar-refractivity contribution in [2.24, 2.45) is 0 Å². The van der Waals surface area contributed by atoms with Gasteiger partial charge >= 0.3 is 12.0 Å². The molecule has 3 heterocycles. The third kappa shape index (κ3) is 5.05. The third-order valence-electron chi connectivity index (χ3n) is 5.85. The number of aryl methyl sites for hydroxylation is 1. The highest BCUT2D eigenvalue weighted by atomic mass is 16.5. The maximum atomic E-state index is 13.0. The summed E-state index contributed by atoms with van der Waals surface area (Å²) in [6, 6.07) is 5.00. The number of piperazine rings is 1. The van der Waals surface area contributed by atoms with Crippen molar-refractivity contribution in [1.29, 1.82) is 0 Å². The molecule has 0 radical (unpaired) electrons. The van der Waals surface area contributed by atoms with E-state index in [0.717, 1.165) is 11.4 Å². The Morgan fingerprint density at radius 1 is 1.11 bits per heavy atom. The number of carbonyl (C=O) groups excluding carboxylic acids is 2. The van der Waals surface area contributed by atoms with E-state index in [2.05, 4.69) is 25.3 Å². The number of benzene rings is 1. The van der Waals surface area contributed by atoms with Crippen molar-refractivity contribution in [1.82, 2.24) is 24.5 Å². The molecule has 2 amide bonds. The molecule has 1 fully saturated rings. The van der Waals surface area contributed by atoms with Gasteiger partial charge in [0.2, 0.25) is 0 Å². The minimum absolute atomic E-state index is 0.0791. The van der Waals surface area contributed by atoms with Crippen LogP contribution in [0.1, 0.15) is 18.2 Å². The predicted octanol–water partition coefficient (Wildman–Crippen LogP) is 1.91. The van der Waals surface area contributed by atoms with Crippen LogP contribution in [0.25, 0.3) is 5.78 Å². The molecule has 12 heteroatoms. The van der Waals surface area contributed by atoms with Gasteiger partial charge in [0.1, 0.15) is 23.6 Å². The molecular weight excluding hydrogens is 454 g/mol. The van der Waals surface area contributed by atoms with Crippen LogP contribution in [0.3, 0.4) is 0 Å². The van der Waals surface area contributed by atoms with E-state index in [1.807, 2.05) is 6.92 Å². The van der Waals surface area contributed by atoms with Crippen molar-refractivity contribution in [2.45, 2.75) is 20.3 Å². The van der Waals surface area contributed by atoms with Gasteiger partial charge in [-0.15, -0.1) is 0 Å². The summed E-state index contributed by atoms with van der Waals surface area (Å²) in [4.78, 5) is 37.8. The summed E-state index contributed by atoms with van der Waals surface area (Å²) in [5, 5.41) is 7.24. The Morgan fingerprint density at radius 3 is 2.57 bits per heavy atom. The Balaban J connectivity index is 1.51. The van der Waals surface area contributed by atoms with Crippen LogP contribution in [0, 0.1) is 6.92 Å². The first kappa shape index (κ1) is 24.0. The van der Waals surface area contributed by atoms with Gasteiger partial charge in [0.15, 0.2) is 0 Å². The molecule has 1 N–H and O–H groups in total. The monoisotopic (exact) mass is 483 g/mol. The van der Waals surface area contributed by atoms with E-state index in [9.17, 15) is 9.59 Å². The minimum Gasteiger partial charge on any atom is -0.497 e. The number of fused-ring (bicyclic) bond motifs is 1. The normalized spacial score (nSPS) is 13.6. The van der Waals surface area contributed by atoms with Crippen LogP contribution in [0.5, 0.6) is 11.5 Å². The van der Waals surface area contributed by atoms with Crippen LogP contribution in [-0.4, -0.2) is 83.5 Å². The van der Waals surface area contributed by atoms with Gasteiger partial charge in [0.25, 0.3) is 5.78 Å². The van der Waals surface area contributed by atoms with Crippen molar-refractivity contribution in [3.05, 3.63) is 35.8 Å². The lowest BCUT2D eigenvalue weighted by Crippen LogP contribution is -2.51. The standard InChI is InChI=1S/C23H29N7O5/c1-5-35-20(31)13-17-15(2)26-22-24-14-25-30(22)21(17)28-8-10-29(11-9-28)23(32)27-18-7-6-16(33-3)12-19(18)34-4/h6-7,12,14H,5,8-11,13H2,1-4H3,(H,27,32). The summed E-state index contributed by atoms with van der Waals surface area (Å²) >= 11 is 0. The van der Waals surface area contributed by atoms with Gasteiger partial charge in [-0.25, -0.2) is 9.78 Å². The number of hydrogen-bond donors (Lipinski definition) is 1. The lowest BCUT2D eigenvalue weighted by Gasteiger charge is -2.36. The second kappa shape index (κ2) is 10.5. The second-order valence-corrected chi connectivity index (χ2v) is 7.92. The van der Waals surface area contributed by atoms with Crippen LogP contribution >= 0.6 is 0 Å². The third-order valence-corrected chi connectivity index (χ3v) is 5.85. The van der Waals surface area contributed by atoms with Gasteiger partial charge in [0, 0.05) is 43.5 Å². The molecule has 0 atom stereocenters. The minimum atomic E-state index is -0.329. The molecule has 1 aliphatic heterocycles. The molecule has 186 valence electrons. The van der Waals surface area contributed by atoms with Crippen molar-refractivity contribution in [2.75, 3.05) is 57.2 Å². The number of amides is 2. The van der Waals surface area contributed by atoms with Crippen LogP contribution in [0.15, 0.2) is 24.5 Å². The Hall–Kier alpha value is -4.09. The van der Waals surface area contributed by atoms with Crippen LogP contribution < -0.4 is 19.7 Å². The molecule has 12 nitrogen and oxygen atoms in total. The highest BCUT2D eigenvalue weighted by molar-refractivity contribution is 5.91. The molecule has 0 unspecified atom stereocenters. The Kier molecular flexibility index (Phi) is 7.18. The highest BCUT2D eigenvalue weighted by Gasteiger charge is 2.27. The lowest BCUT2D eigenvalue weighted by molar-refractivity contribution is -0.142. The molecule has 1 aliphatic rings. The van der Waals surface area contributed by atoms with E-state index >= 15 is 0 Å². The van der Waals surface area contributed by atoms with Crippen molar-refractivity contribution in [3.63, 3.8) is 0 Å². The molecule has 2 aromatic heterocycles. The Labute approximate surface area is 202 Å². The zero-order valence-corrected chi connectivity index (χ0v) is 20.3. The zero-order valence-electron chi connectivity index (χ0n) is 20.3. The quantitative estimate of drug-likeness (QED) is 0.502. The Bertz CT molecular complexity index is 1220. The smallest absolute Gasteiger partial charge is 0.322 e. The van der Waals surface area contributed by atoms with E-state index in [4.69, 9.17) is 14.2 Å². The largest absolute Gasteiger partial charge is 0.497 e. The van der Waals surface area contributed by atoms with Gasteiger partial charge < -0.3 is 29.3 Å². The summed E-state index contributed by atoms with van der Waals surface area (Å²) in [5.74, 6) is 2.02. The number of nitrogens with one attached hydrogen (secondary N) is 1. The van der Waals surface area contributed by atoms with Gasteiger partial charge in [0.05, 0.1) is 32.9 Å². The number of rotatable bonds is 7. The first-order valence-corrected chi connectivity index (χ1v) is 11.3. The first-order chi connectivity index (χ1) is 16.9. The van der Waals surface area contributed by atoms with Crippen LogP contribution in [0.2, 0.25) is 0 Å².